The molecule has 174 valence electrons. The number of rotatable bonds is 6. The number of carbonyl (C=O) groups excluding carboxylic acids is 1. The molecular weight excluding hydrogens is 457 g/mol. The normalized spacial score (nSPS) is 11.4. The molecule has 1 aromatic heterocycles. The Morgan fingerprint density at radius 2 is 1.79 bits per heavy atom. The molecule has 0 unspecified atom stereocenters. The van der Waals surface area contributed by atoms with Crippen LogP contribution < -0.4 is 16.2 Å². The minimum atomic E-state index is -4.05. The van der Waals surface area contributed by atoms with Crippen molar-refractivity contribution in [1.82, 2.24) is 9.78 Å². The van der Waals surface area contributed by atoms with E-state index in [0.717, 1.165) is 11.6 Å². The van der Waals surface area contributed by atoms with Crippen molar-refractivity contribution >= 4 is 21.6 Å². The van der Waals surface area contributed by atoms with Gasteiger partial charge < -0.3 is 11.1 Å². The first-order chi connectivity index (χ1) is 16.2. The molecule has 0 aliphatic carbocycles. The fourth-order valence-corrected chi connectivity index (χ4v) is 4.37. The largest absolute Gasteiger partial charge is 0.326 e. The first-order valence-corrected chi connectivity index (χ1v) is 11.8. The number of aromatic nitrogens is 2. The van der Waals surface area contributed by atoms with E-state index in [9.17, 15) is 17.6 Å². The molecule has 4 aromatic rings. The van der Waals surface area contributed by atoms with Crippen molar-refractivity contribution in [2.24, 2.45) is 10.9 Å². The van der Waals surface area contributed by atoms with Crippen molar-refractivity contribution in [3.05, 3.63) is 95.6 Å². The van der Waals surface area contributed by atoms with E-state index in [-0.39, 0.29) is 27.4 Å². The minimum Gasteiger partial charge on any atom is -0.326 e. The number of amides is 1. The lowest BCUT2D eigenvalue weighted by atomic mass is 10.0. The molecule has 5 N–H and O–H groups in total. The number of nitrogens with two attached hydrogens (primary N) is 2. The van der Waals surface area contributed by atoms with Gasteiger partial charge in [-0.1, -0.05) is 30.3 Å². The van der Waals surface area contributed by atoms with Crippen LogP contribution in [0.15, 0.2) is 77.7 Å². The van der Waals surface area contributed by atoms with Crippen LogP contribution in [0.3, 0.4) is 0 Å². The van der Waals surface area contributed by atoms with Gasteiger partial charge in [0.05, 0.1) is 16.3 Å². The highest BCUT2D eigenvalue weighted by atomic mass is 32.2. The zero-order valence-corrected chi connectivity index (χ0v) is 19.0. The lowest BCUT2D eigenvalue weighted by Crippen LogP contribution is -2.17. The molecule has 1 heterocycles. The Morgan fingerprint density at radius 1 is 1.03 bits per heavy atom. The molecule has 0 spiro atoms. The second-order valence-electron chi connectivity index (χ2n) is 7.65. The molecule has 0 atom stereocenters. The molecular formula is C24H22FN5O3S. The molecule has 0 radical (unpaired) electrons. The van der Waals surface area contributed by atoms with E-state index in [1.807, 2.05) is 18.2 Å². The number of nitrogens with zero attached hydrogens (tertiary/aromatic N) is 2. The van der Waals surface area contributed by atoms with E-state index < -0.39 is 21.7 Å². The van der Waals surface area contributed by atoms with Gasteiger partial charge in [-0.25, -0.2) is 22.6 Å². The van der Waals surface area contributed by atoms with E-state index in [0.29, 0.717) is 17.9 Å². The highest BCUT2D eigenvalue weighted by molar-refractivity contribution is 7.89. The van der Waals surface area contributed by atoms with Crippen LogP contribution in [0.4, 0.5) is 10.1 Å². The van der Waals surface area contributed by atoms with Gasteiger partial charge in [0.2, 0.25) is 10.0 Å². The van der Waals surface area contributed by atoms with Gasteiger partial charge in [0, 0.05) is 23.4 Å². The van der Waals surface area contributed by atoms with Crippen LogP contribution in [0.1, 0.15) is 21.7 Å². The predicted octanol–water partition coefficient (Wildman–Crippen LogP) is 3.35. The Labute approximate surface area is 196 Å². The summed E-state index contributed by atoms with van der Waals surface area (Å²) in [6.07, 6.45) is 0. The molecule has 10 heteroatoms. The number of hydrogen-bond acceptors (Lipinski definition) is 5. The molecule has 1 amide bonds. The summed E-state index contributed by atoms with van der Waals surface area (Å²) in [5, 5.41) is 12.3. The zero-order chi connectivity index (χ0) is 24.5. The average Bonchev–Trinajstić information content (AvgIpc) is 3.20. The standard InChI is InChI=1S/C24H22FN5O3S/c1-15-11-22(30(29-15)18-6-4-5-16(12-18)14-26)24(31)28-17-9-10-19(21(25)13-17)20-7-2-3-8-23(20)34(27,32)33/h2-13H,14,26H2,1H3,(H,28,31)(H2,27,32,33). The Morgan fingerprint density at radius 3 is 2.50 bits per heavy atom. The Balaban J connectivity index is 1.65. The van der Waals surface area contributed by atoms with Crippen LogP contribution >= 0.6 is 0 Å². The molecule has 0 saturated heterocycles. The Hall–Kier alpha value is -3.86. The lowest BCUT2D eigenvalue weighted by Gasteiger charge is -2.12. The van der Waals surface area contributed by atoms with Crippen molar-refractivity contribution in [2.75, 3.05) is 5.32 Å². The second kappa shape index (κ2) is 9.18. The summed E-state index contributed by atoms with van der Waals surface area (Å²) >= 11 is 0. The van der Waals surface area contributed by atoms with Crippen molar-refractivity contribution in [3.8, 4) is 16.8 Å². The average molecular weight is 480 g/mol. The van der Waals surface area contributed by atoms with Gasteiger partial charge in [-0.3, -0.25) is 4.79 Å². The van der Waals surface area contributed by atoms with Gasteiger partial charge in [-0.15, -0.1) is 0 Å². The first kappa shape index (κ1) is 23.3. The van der Waals surface area contributed by atoms with Gasteiger partial charge in [0.25, 0.3) is 5.91 Å². The molecule has 0 saturated carbocycles. The highest BCUT2D eigenvalue weighted by Crippen LogP contribution is 2.30. The number of hydrogen-bond donors (Lipinski definition) is 3. The van der Waals surface area contributed by atoms with E-state index in [1.165, 1.54) is 35.0 Å². The van der Waals surface area contributed by atoms with Crippen molar-refractivity contribution in [1.29, 1.82) is 0 Å². The Bertz CT molecular complexity index is 1500. The maximum absolute atomic E-state index is 15.0. The summed E-state index contributed by atoms with van der Waals surface area (Å²) in [6.45, 7) is 2.10. The third-order valence-electron chi connectivity index (χ3n) is 5.17. The van der Waals surface area contributed by atoms with Crippen LogP contribution in [0.5, 0.6) is 0 Å². The summed E-state index contributed by atoms with van der Waals surface area (Å²) in [5.41, 5.74) is 8.53. The quantitative estimate of drug-likeness (QED) is 0.390. The second-order valence-corrected chi connectivity index (χ2v) is 9.18. The zero-order valence-electron chi connectivity index (χ0n) is 18.2. The number of nitrogens with one attached hydrogen (secondary N) is 1. The molecule has 0 fully saturated rings. The summed E-state index contributed by atoms with van der Waals surface area (Å²) in [4.78, 5) is 12.8. The van der Waals surface area contributed by atoms with E-state index in [2.05, 4.69) is 10.4 Å². The number of aryl methyl sites for hydroxylation is 1. The summed E-state index contributed by atoms with van der Waals surface area (Å²) < 4.78 is 40.2. The third kappa shape index (κ3) is 4.74. The van der Waals surface area contributed by atoms with Crippen LogP contribution in [0.25, 0.3) is 16.8 Å². The van der Waals surface area contributed by atoms with Gasteiger partial charge in [-0.05, 0) is 55.0 Å². The minimum absolute atomic E-state index is 0.0436. The highest BCUT2D eigenvalue weighted by Gasteiger charge is 2.19. The van der Waals surface area contributed by atoms with Gasteiger partial charge in [-0.2, -0.15) is 5.10 Å². The molecule has 0 aliphatic heterocycles. The van der Waals surface area contributed by atoms with Crippen LogP contribution in [-0.4, -0.2) is 24.1 Å². The maximum atomic E-state index is 15.0. The fourth-order valence-electron chi connectivity index (χ4n) is 3.62. The topological polar surface area (TPSA) is 133 Å². The van der Waals surface area contributed by atoms with E-state index >= 15 is 0 Å². The van der Waals surface area contributed by atoms with Crippen molar-refractivity contribution < 1.29 is 17.6 Å². The number of primary sulfonamides is 1. The number of benzene rings is 3. The molecule has 4 rings (SSSR count). The number of halogens is 1. The SMILES string of the molecule is Cc1cc(C(=O)Nc2ccc(-c3ccccc3S(N)(=O)=O)c(F)c2)n(-c2cccc(CN)c2)n1. The lowest BCUT2D eigenvalue weighted by molar-refractivity contribution is 0.101. The molecule has 34 heavy (non-hydrogen) atoms. The molecule has 8 nitrogen and oxygen atoms in total. The molecule has 3 aromatic carbocycles. The fraction of sp³-hybridized carbons (Fsp3) is 0.0833. The summed E-state index contributed by atoms with van der Waals surface area (Å²) in [5.74, 6) is -1.20. The van der Waals surface area contributed by atoms with Crippen molar-refractivity contribution in [2.45, 2.75) is 18.4 Å². The van der Waals surface area contributed by atoms with Gasteiger partial charge in [0.15, 0.2) is 0 Å². The van der Waals surface area contributed by atoms with Crippen molar-refractivity contribution in [3.63, 3.8) is 0 Å². The summed E-state index contributed by atoms with van der Waals surface area (Å²) in [6, 6.07) is 18.8. The van der Waals surface area contributed by atoms with E-state index in [1.54, 1.807) is 25.1 Å². The predicted molar refractivity (Wildman–Crippen MR) is 127 cm³/mol. The first-order valence-electron chi connectivity index (χ1n) is 10.3. The monoisotopic (exact) mass is 479 g/mol. The number of anilines is 1. The van der Waals surface area contributed by atoms with Crippen LogP contribution in [0, 0.1) is 12.7 Å². The van der Waals surface area contributed by atoms with Crippen LogP contribution in [0.2, 0.25) is 0 Å². The van der Waals surface area contributed by atoms with Crippen LogP contribution in [-0.2, 0) is 16.6 Å². The maximum Gasteiger partial charge on any atom is 0.274 e. The number of sulfonamides is 1. The molecule has 0 bridgehead atoms. The van der Waals surface area contributed by atoms with E-state index in [4.69, 9.17) is 10.9 Å². The third-order valence-corrected chi connectivity index (χ3v) is 6.13. The van der Waals surface area contributed by atoms with Gasteiger partial charge in [0.1, 0.15) is 11.5 Å². The smallest absolute Gasteiger partial charge is 0.274 e. The van der Waals surface area contributed by atoms with Gasteiger partial charge >= 0.3 is 0 Å². The Kier molecular flexibility index (Phi) is 6.29. The number of carbonyl (C=O) groups is 1. The summed E-state index contributed by atoms with van der Waals surface area (Å²) in [7, 11) is -4.05. The molecule has 0 aliphatic rings.